The number of rotatable bonds is 4. The van der Waals surface area contributed by atoms with Crippen molar-refractivity contribution in [3.63, 3.8) is 0 Å². The largest absolute Gasteiger partial charge is 0.340 e. The van der Waals surface area contributed by atoms with Gasteiger partial charge in [-0.1, -0.05) is 11.3 Å². The van der Waals surface area contributed by atoms with Gasteiger partial charge >= 0.3 is 4.87 Å². The summed E-state index contributed by atoms with van der Waals surface area (Å²) in [5.41, 5.74) is 2.74. The van der Waals surface area contributed by atoms with Gasteiger partial charge in [-0.2, -0.15) is 0 Å². The lowest BCUT2D eigenvalue weighted by Gasteiger charge is -2.35. The number of carbonyl (C=O) groups excluding carboxylic acids is 1. The lowest BCUT2D eigenvalue weighted by Crippen LogP contribution is -2.44. The third-order valence-corrected chi connectivity index (χ3v) is 6.67. The SMILES string of the molecule is CN(C)C1CCN(C(=O)c2cc3c(Nc4ccc5[nH]c(=O)sc5c4)ncnc3[nH]2)CC1. The molecule has 4 aromatic rings. The fourth-order valence-corrected chi connectivity index (χ4v) is 4.85. The van der Waals surface area contributed by atoms with E-state index in [1.165, 1.54) is 6.33 Å². The molecule has 0 aliphatic carbocycles. The van der Waals surface area contributed by atoms with Crippen LogP contribution in [0.3, 0.4) is 0 Å². The van der Waals surface area contributed by atoms with Crippen LogP contribution in [0.2, 0.25) is 0 Å². The van der Waals surface area contributed by atoms with E-state index < -0.39 is 0 Å². The minimum Gasteiger partial charge on any atom is -0.340 e. The molecule has 1 fully saturated rings. The number of piperidine rings is 1. The zero-order valence-electron chi connectivity index (χ0n) is 17.3. The highest BCUT2D eigenvalue weighted by molar-refractivity contribution is 7.16. The lowest BCUT2D eigenvalue weighted by molar-refractivity contribution is 0.0658. The summed E-state index contributed by atoms with van der Waals surface area (Å²) < 4.78 is 0.867. The Balaban J connectivity index is 1.39. The summed E-state index contributed by atoms with van der Waals surface area (Å²) in [7, 11) is 4.17. The molecule has 10 heteroatoms. The van der Waals surface area contributed by atoms with E-state index in [1.807, 2.05) is 29.2 Å². The number of H-pyrrole nitrogens is 2. The zero-order valence-corrected chi connectivity index (χ0v) is 18.1. The average Bonchev–Trinajstić information content (AvgIpc) is 3.36. The van der Waals surface area contributed by atoms with Gasteiger partial charge < -0.3 is 25.1 Å². The number of amides is 1. The van der Waals surface area contributed by atoms with E-state index in [4.69, 9.17) is 0 Å². The highest BCUT2D eigenvalue weighted by Crippen LogP contribution is 2.27. The molecule has 1 aliphatic rings. The molecule has 0 radical (unpaired) electrons. The minimum absolute atomic E-state index is 0.0142. The number of hydrogen-bond acceptors (Lipinski definition) is 7. The predicted octanol–water partition coefficient (Wildman–Crippen LogP) is 2.77. The molecule has 0 bridgehead atoms. The fourth-order valence-electron chi connectivity index (χ4n) is 4.07. The molecule has 0 saturated carbocycles. The Morgan fingerprint density at radius 3 is 2.77 bits per heavy atom. The Labute approximate surface area is 182 Å². The van der Waals surface area contributed by atoms with Gasteiger partial charge in [0, 0.05) is 24.8 Å². The van der Waals surface area contributed by atoms with Crippen LogP contribution in [-0.2, 0) is 0 Å². The number of benzene rings is 1. The average molecular weight is 438 g/mol. The minimum atomic E-state index is -0.0834. The van der Waals surface area contributed by atoms with Crippen molar-refractivity contribution >= 4 is 50.0 Å². The monoisotopic (exact) mass is 437 g/mol. The van der Waals surface area contributed by atoms with Crippen LogP contribution < -0.4 is 10.2 Å². The summed E-state index contributed by atoms with van der Waals surface area (Å²) in [4.78, 5) is 43.2. The first kappa shape index (κ1) is 19.7. The number of aromatic nitrogens is 4. The van der Waals surface area contributed by atoms with Crippen molar-refractivity contribution in [1.29, 1.82) is 0 Å². The van der Waals surface area contributed by atoms with E-state index in [-0.39, 0.29) is 10.8 Å². The number of likely N-dealkylation sites (tertiary alicyclic amines) is 1. The standard InChI is InChI=1S/C21H23N7O2S/c1-27(2)13-5-7-28(8-6-13)20(29)16-10-14-18(22-11-23-19(14)25-16)24-12-3-4-15-17(9-12)31-21(30)26-15/h3-4,9-11,13H,5-8H2,1-2H3,(H,26,30)(H2,22,23,24,25). The number of hydrogen-bond donors (Lipinski definition) is 3. The van der Waals surface area contributed by atoms with Crippen molar-refractivity contribution in [2.45, 2.75) is 18.9 Å². The topological polar surface area (TPSA) is 110 Å². The molecule has 1 aromatic carbocycles. The summed E-state index contributed by atoms with van der Waals surface area (Å²) in [6.45, 7) is 1.49. The molecule has 4 heterocycles. The number of carbonyl (C=O) groups is 1. The molecule has 3 aromatic heterocycles. The van der Waals surface area contributed by atoms with Gasteiger partial charge in [0.15, 0.2) is 0 Å². The number of nitrogens with zero attached hydrogens (tertiary/aromatic N) is 4. The molecule has 160 valence electrons. The van der Waals surface area contributed by atoms with Crippen LogP contribution in [0.5, 0.6) is 0 Å². The Hall–Kier alpha value is -3.24. The van der Waals surface area contributed by atoms with Gasteiger partial charge in [0.05, 0.1) is 15.6 Å². The second-order valence-electron chi connectivity index (χ2n) is 8.01. The second-order valence-corrected chi connectivity index (χ2v) is 9.02. The van der Waals surface area contributed by atoms with Crippen molar-refractivity contribution in [2.24, 2.45) is 0 Å². The number of aromatic amines is 2. The van der Waals surface area contributed by atoms with Gasteiger partial charge in [-0.3, -0.25) is 9.59 Å². The van der Waals surface area contributed by atoms with Crippen LogP contribution in [-0.4, -0.2) is 68.9 Å². The van der Waals surface area contributed by atoms with E-state index in [9.17, 15) is 9.59 Å². The molecule has 9 nitrogen and oxygen atoms in total. The quantitative estimate of drug-likeness (QED) is 0.453. The molecule has 0 unspecified atom stereocenters. The van der Waals surface area contributed by atoms with Crippen LogP contribution in [0.4, 0.5) is 11.5 Å². The lowest BCUT2D eigenvalue weighted by atomic mass is 10.0. The molecule has 0 spiro atoms. The molecule has 1 saturated heterocycles. The van der Waals surface area contributed by atoms with E-state index in [2.05, 4.69) is 44.2 Å². The molecular weight excluding hydrogens is 414 g/mol. The van der Waals surface area contributed by atoms with E-state index in [0.717, 1.165) is 58.6 Å². The number of thiazole rings is 1. The van der Waals surface area contributed by atoms with E-state index in [0.29, 0.717) is 23.2 Å². The Kier molecular flexibility index (Phi) is 4.95. The molecular formula is C21H23N7O2S. The van der Waals surface area contributed by atoms with Gasteiger partial charge in [0.2, 0.25) is 0 Å². The maximum Gasteiger partial charge on any atom is 0.305 e. The summed E-state index contributed by atoms with van der Waals surface area (Å²) in [6, 6.07) is 7.97. The number of nitrogens with one attached hydrogen (secondary N) is 3. The Morgan fingerprint density at radius 1 is 1.19 bits per heavy atom. The Morgan fingerprint density at radius 2 is 2.00 bits per heavy atom. The van der Waals surface area contributed by atoms with Gasteiger partial charge in [-0.25, -0.2) is 9.97 Å². The number of anilines is 2. The van der Waals surface area contributed by atoms with Gasteiger partial charge in [0.1, 0.15) is 23.5 Å². The van der Waals surface area contributed by atoms with Crippen molar-refractivity contribution < 1.29 is 4.79 Å². The van der Waals surface area contributed by atoms with Crippen molar-refractivity contribution in [3.8, 4) is 0 Å². The molecule has 1 amide bonds. The highest BCUT2D eigenvalue weighted by atomic mass is 32.1. The second kappa shape index (κ2) is 7.78. The van der Waals surface area contributed by atoms with Crippen molar-refractivity contribution in [3.05, 3.63) is 46.0 Å². The predicted molar refractivity (Wildman–Crippen MR) is 122 cm³/mol. The van der Waals surface area contributed by atoms with E-state index >= 15 is 0 Å². The Bertz CT molecular complexity index is 1310. The maximum absolute atomic E-state index is 13.0. The van der Waals surface area contributed by atoms with Crippen LogP contribution >= 0.6 is 11.3 Å². The van der Waals surface area contributed by atoms with Crippen LogP contribution in [0.1, 0.15) is 23.3 Å². The van der Waals surface area contributed by atoms with Gasteiger partial charge in [-0.15, -0.1) is 0 Å². The smallest absolute Gasteiger partial charge is 0.305 e. The van der Waals surface area contributed by atoms with Crippen LogP contribution in [0, 0.1) is 0 Å². The summed E-state index contributed by atoms with van der Waals surface area (Å²) >= 11 is 1.16. The first-order valence-electron chi connectivity index (χ1n) is 10.2. The summed E-state index contributed by atoms with van der Waals surface area (Å²) in [5.74, 6) is 0.591. The maximum atomic E-state index is 13.0. The molecule has 5 rings (SSSR count). The molecule has 1 aliphatic heterocycles. The van der Waals surface area contributed by atoms with Gasteiger partial charge in [-0.05, 0) is 51.2 Å². The normalized spacial score (nSPS) is 15.3. The van der Waals surface area contributed by atoms with Crippen molar-refractivity contribution in [2.75, 3.05) is 32.5 Å². The highest BCUT2D eigenvalue weighted by Gasteiger charge is 2.26. The molecule has 0 atom stereocenters. The summed E-state index contributed by atoms with van der Waals surface area (Å²) in [5, 5.41) is 4.03. The molecule has 31 heavy (non-hydrogen) atoms. The summed E-state index contributed by atoms with van der Waals surface area (Å²) in [6.07, 6.45) is 3.41. The fraction of sp³-hybridized carbons (Fsp3) is 0.333. The first-order chi connectivity index (χ1) is 15.0. The third kappa shape index (κ3) is 3.79. The number of fused-ring (bicyclic) bond motifs is 2. The van der Waals surface area contributed by atoms with Gasteiger partial charge in [0.25, 0.3) is 5.91 Å². The zero-order chi connectivity index (χ0) is 21.5. The van der Waals surface area contributed by atoms with Crippen molar-refractivity contribution in [1.82, 2.24) is 29.7 Å². The third-order valence-electron chi connectivity index (χ3n) is 5.82. The van der Waals surface area contributed by atoms with Crippen LogP contribution in [0.25, 0.3) is 21.3 Å². The molecule has 3 N–H and O–H groups in total. The van der Waals surface area contributed by atoms with Crippen LogP contribution in [0.15, 0.2) is 35.4 Å². The van der Waals surface area contributed by atoms with E-state index in [1.54, 1.807) is 0 Å². The first-order valence-corrected chi connectivity index (χ1v) is 11.0.